The van der Waals surface area contributed by atoms with Crippen LogP contribution in [0.2, 0.25) is 0 Å². The molecule has 0 aliphatic heterocycles. The third kappa shape index (κ3) is 18.6. The molecule has 0 aliphatic carbocycles. The van der Waals surface area contributed by atoms with Gasteiger partial charge in [-0.1, -0.05) is 218 Å². The van der Waals surface area contributed by atoms with Crippen LogP contribution in [0.5, 0.6) is 0 Å². The molecule has 0 aliphatic rings. The van der Waals surface area contributed by atoms with Crippen LogP contribution in [0.25, 0.3) is 140 Å². The fraction of sp³-hybridized carbons (Fsp3) is 0.0686. The number of rotatable bonds is 7. The fourth-order valence-corrected chi connectivity index (χ4v) is 13.7. The van der Waals surface area contributed by atoms with Crippen molar-refractivity contribution in [3.63, 3.8) is 0 Å². The van der Waals surface area contributed by atoms with Crippen LogP contribution < -0.4 is 0 Å². The number of imidazole rings is 3. The van der Waals surface area contributed by atoms with Gasteiger partial charge in [0.25, 0.3) is 0 Å². The van der Waals surface area contributed by atoms with E-state index in [0.29, 0.717) is 0 Å². The van der Waals surface area contributed by atoms with Crippen molar-refractivity contribution in [3.8, 4) is 79.1 Å². The van der Waals surface area contributed by atoms with Gasteiger partial charge in [-0.2, -0.15) is 0 Å². The molecule has 21 rings (SSSR count). The lowest BCUT2D eigenvalue weighted by Gasteiger charge is -2.09. The van der Waals surface area contributed by atoms with Gasteiger partial charge in [-0.25, -0.2) is 34.9 Å². The lowest BCUT2D eigenvalue weighted by Crippen LogP contribution is -1.98. The summed E-state index contributed by atoms with van der Waals surface area (Å²) >= 11 is 0. The molecule has 0 N–H and O–H groups in total. The van der Waals surface area contributed by atoms with Gasteiger partial charge in [0.2, 0.25) is 0 Å². The van der Waals surface area contributed by atoms with Crippen LogP contribution in [0.1, 0.15) is 39.5 Å². The molecule has 0 unspecified atom stereocenters. The largest absolute Gasteiger partial charge is 0.307 e. The predicted octanol–water partition coefficient (Wildman–Crippen LogP) is 24.4. The molecule has 0 spiro atoms. The minimum absolute atomic E-state index is 0.751. The first kappa shape index (κ1) is 76.2. The molecular weight excluding hydrogens is 1420 g/mol. The minimum atomic E-state index is 0.751. The monoisotopic (exact) mass is 1500 g/mol. The summed E-state index contributed by atoms with van der Waals surface area (Å²) in [5, 5.41) is 3.71. The summed E-state index contributed by atoms with van der Waals surface area (Å²) in [5.41, 5.74) is 30.0. The lowest BCUT2D eigenvalue weighted by molar-refractivity contribution is 1.09. The highest BCUT2D eigenvalue weighted by Gasteiger charge is 2.16. The highest BCUT2D eigenvalue weighted by Crippen LogP contribution is 2.32. The Labute approximate surface area is 674 Å². The summed E-state index contributed by atoms with van der Waals surface area (Å²) in [6.07, 6.45) is 13.5. The number of nitrogens with zero attached hydrogens (tertiary/aromatic N) is 14. The molecule has 0 atom stereocenters. The highest BCUT2D eigenvalue weighted by atomic mass is 15.0. The van der Waals surface area contributed by atoms with Crippen molar-refractivity contribution in [1.82, 2.24) is 68.0 Å². The third-order valence-electron chi connectivity index (χ3n) is 19.4. The Morgan fingerprint density at radius 1 is 0.233 bits per heavy atom. The summed E-state index contributed by atoms with van der Waals surface area (Å²) in [6.45, 7) is 14.5. The van der Waals surface area contributed by atoms with Gasteiger partial charge in [-0.15, -0.1) is 0 Å². The Kier molecular flexibility index (Phi) is 23.9. The van der Waals surface area contributed by atoms with E-state index in [1.54, 1.807) is 18.6 Å². The molecular formula is C102H84N14. The normalized spacial score (nSPS) is 10.7. The summed E-state index contributed by atoms with van der Waals surface area (Å²) in [5.74, 6) is 0. The van der Waals surface area contributed by atoms with Gasteiger partial charge in [-0.05, 0) is 198 Å². The maximum absolute atomic E-state index is 4.82. The van der Waals surface area contributed by atoms with Gasteiger partial charge in [0.15, 0.2) is 0 Å². The van der Waals surface area contributed by atoms with E-state index in [4.69, 9.17) is 15.0 Å². The Morgan fingerprint density at radius 3 is 1.18 bits per heavy atom. The number of hydrogen-bond donors (Lipinski definition) is 0. The predicted molar refractivity (Wildman–Crippen MR) is 475 cm³/mol. The topological polar surface area (TPSA) is 155 Å². The van der Waals surface area contributed by atoms with E-state index in [2.05, 4.69) is 234 Å². The molecule has 116 heavy (non-hydrogen) atoms. The first-order chi connectivity index (χ1) is 56.9. The minimum Gasteiger partial charge on any atom is -0.307 e. The summed E-state index contributed by atoms with van der Waals surface area (Å²) < 4.78 is 6.24. The number of para-hydroxylation sites is 3. The van der Waals surface area contributed by atoms with Crippen LogP contribution in [0.4, 0.5) is 0 Å². The van der Waals surface area contributed by atoms with Gasteiger partial charge in [-0.3, -0.25) is 19.9 Å². The number of pyridine rings is 9. The number of hydrogen-bond acceptors (Lipinski definition) is 11. The molecule has 0 amide bonds. The van der Waals surface area contributed by atoms with Crippen LogP contribution in [-0.4, -0.2) is 68.0 Å². The maximum Gasteiger partial charge on any atom is 0.137 e. The van der Waals surface area contributed by atoms with E-state index in [0.717, 1.165) is 129 Å². The first-order valence-corrected chi connectivity index (χ1v) is 38.5. The van der Waals surface area contributed by atoms with Crippen LogP contribution in [-0.2, 0) is 0 Å². The quantitative estimate of drug-likeness (QED) is 0.140. The molecule has 8 aromatic carbocycles. The molecule has 13 aromatic heterocycles. The van der Waals surface area contributed by atoms with Crippen LogP contribution in [0.15, 0.2) is 383 Å². The van der Waals surface area contributed by atoms with Crippen molar-refractivity contribution < 1.29 is 0 Å². The van der Waals surface area contributed by atoms with Crippen LogP contribution in [0.3, 0.4) is 0 Å². The van der Waals surface area contributed by atoms with Crippen molar-refractivity contribution >= 4 is 60.7 Å². The van der Waals surface area contributed by atoms with Gasteiger partial charge in [0.1, 0.15) is 28.3 Å². The van der Waals surface area contributed by atoms with E-state index < -0.39 is 0 Å². The van der Waals surface area contributed by atoms with Crippen molar-refractivity contribution in [2.45, 2.75) is 48.5 Å². The Bertz CT molecular complexity index is 6580. The van der Waals surface area contributed by atoms with Gasteiger partial charge >= 0.3 is 0 Å². The Morgan fingerprint density at radius 2 is 0.672 bits per heavy atom. The van der Waals surface area contributed by atoms with Crippen molar-refractivity contribution in [3.05, 3.63) is 423 Å². The zero-order valence-corrected chi connectivity index (χ0v) is 65.6. The maximum atomic E-state index is 4.82. The van der Waals surface area contributed by atoms with Crippen molar-refractivity contribution in [2.24, 2.45) is 0 Å². The van der Waals surface area contributed by atoms with E-state index in [9.17, 15) is 0 Å². The summed E-state index contributed by atoms with van der Waals surface area (Å²) in [7, 11) is 0. The first-order valence-electron chi connectivity index (χ1n) is 38.5. The number of aromatic nitrogens is 14. The molecule has 0 saturated heterocycles. The second kappa shape index (κ2) is 36.3. The average Bonchev–Trinajstić information content (AvgIpc) is 1.25. The molecule has 0 saturated carbocycles. The molecule has 14 heteroatoms. The second-order valence-corrected chi connectivity index (χ2v) is 27.9. The van der Waals surface area contributed by atoms with Gasteiger partial charge in [0.05, 0.1) is 73.1 Å². The standard InChI is InChI=1S/C19H14N4.C17H14N2.C16H13N.2C14H12N2.C14H11N.C8H8N2/c1-13-8-9-14-17(12-13)23-19(16-7-3-5-11-21-16)18(22-14)15-6-2-4-10-20-15;1-13-11-16(14-7-3-2-4-8-14)19-17(12-13)15-9-5-6-10-18-15;1-12-11-15(13-7-3-2-4-8-13)14-9-5-6-10-16(14)17-12;2*1-11-6-5-9-14-15-13(10-16(11)14)12-7-3-2-4-8-12;1-10-11-6-2-4-8-13(11)15-14-9-5-3-7-12(10)14;1-7-6-10-5-3-2-4-8(10)9-7/h2-12H,1H3;2-12H,1H3;2-11H,1H3;2*2-10H,1H3;2-9H,1H3;2-6H,1H3. The molecule has 14 nitrogen and oxygen atoms in total. The number of aryl methyl sites for hydroxylation is 7. The molecule has 0 radical (unpaired) electrons. The molecule has 21 aromatic rings. The lowest BCUT2D eigenvalue weighted by atomic mass is 10.0. The fourth-order valence-electron chi connectivity index (χ4n) is 13.7. The molecule has 13 heterocycles. The smallest absolute Gasteiger partial charge is 0.137 e. The summed E-state index contributed by atoms with van der Waals surface area (Å²) in [6, 6.07) is 114. The second-order valence-electron chi connectivity index (χ2n) is 27.9. The highest BCUT2D eigenvalue weighted by molar-refractivity contribution is 5.97. The van der Waals surface area contributed by atoms with Crippen LogP contribution in [0, 0.1) is 48.5 Å². The van der Waals surface area contributed by atoms with Gasteiger partial charge < -0.3 is 13.2 Å². The zero-order chi connectivity index (χ0) is 79.5. The van der Waals surface area contributed by atoms with Crippen molar-refractivity contribution in [1.29, 1.82) is 0 Å². The molecule has 562 valence electrons. The number of fused-ring (bicyclic) bond motifs is 7. The Hall–Kier alpha value is -15.2. The SMILES string of the molecule is Cc1c2ccccc2nc2ccccc12.Cc1cc(-c2ccccc2)c2ccccc2n1.Cc1cc(-c2ccccc2)nc(-c2ccccn2)c1.Cc1ccc2nc(-c3ccccn3)c(-c3ccccn3)nc2c1.Cc1cccc2nc(-c3ccccc3)cn12.Cc1cccc2nc(-c3ccccc3)cn12.Cc1cn2ccccc2n1. The van der Waals surface area contributed by atoms with Crippen molar-refractivity contribution in [2.75, 3.05) is 0 Å². The van der Waals surface area contributed by atoms with Gasteiger partial charge in [0, 0.05) is 93.3 Å². The van der Waals surface area contributed by atoms with E-state index in [-0.39, 0.29) is 0 Å². The molecule has 0 bridgehead atoms. The van der Waals surface area contributed by atoms with E-state index in [1.807, 2.05) is 232 Å². The average molecular weight is 1510 g/mol. The van der Waals surface area contributed by atoms with Crippen LogP contribution >= 0.6 is 0 Å². The summed E-state index contributed by atoms with van der Waals surface area (Å²) in [4.78, 5) is 50.2. The van der Waals surface area contributed by atoms with E-state index in [1.165, 1.54) is 49.8 Å². The number of benzene rings is 8. The zero-order valence-electron chi connectivity index (χ0n) is 65.6. The van der Waals surface area contributed by atoms with E-state index >= 15 is 0 Å². The Balaban J connectivity index is 0.000000107. The molecule has 0 fully saturated rings. The third-order valence-corrected chi connectivity index (χ3v) is 19.4.